The molecule has 1 fully saturated rings. The summed E-state index contributed by atoms with van der Waals surface area (Å²) in [5, 5.41) is 41.0. The highest BCUT2D eigenvalue weighted by atomic mass is 16.6. The van der Waals surface area contributed by atoms with Crippen LogP contribution < -0.4 is 10.2 Å². The van der Waals surface area contributed by atoms with E-state index in [9.17, 15) is 15.2 Å². The maximum absolute atomic E-state index is 11.4. The van der Waals surface area contributed by atoms with Gasteiger partial charge in [-0.15, -0.1) is 5.10 Å². The average molecular weight is 532 g/mol. The Hall–Kier alpha value is -4.79. The van der Waals surface area contributed by atoms with Crippen molar-refractivity contribution in [2.75, 3.05) is 23.3 Å². The van der Waals surface area contributed by atoms with E-state index in [2.05, 4.69) is 30.9 Å². The van der Waals surface area contributed by atoms with E-state index in [0.29, 0.717) is 53.8 Å². The van der Waals surface area contributed by atoms with Crippen LogP contribution in [0.3, 0.4) is 0 Å². The maximum Gasteiger partial charge on any atom is 0.300 e. The fourth-order valence-corrected chi connectivity index (χ4v) is 4.51. The van der Waals surface area contributed by atoms with Crippen LogP contribution in [0.5, 0.6) is 0 Å². The highest BCUT2D eigenvalue weighted by molar-refractivity contribution is 5.94. The molecule has 39 heavy (non-hydrogen) atoms. The van der Waals surface area contributed by atoms with Crippen molar-refractivity contribution in [1.29, 1.82) is 0 Å². The number of benzene rings is 1. The molecule has 2 N–H and O–H groups in total. The maximum atomic E-state index is 11.4. The summed E-state index contributed by atoms with van der Waals surface area (Å²) in [6.07, 6.45) is 1.87. The molecule has 200 valence electrons. The van der Waals surface area contributed by atoms with E-state index in [4.69, 9.17) is 14.6 Å². The number of nitro groups is 1. The number of anilines is 3. The van der Waals surface area contributed by atoms with Gasteiger partial charge >= 0.3 is 5.69 Å². The van der Waals surface area contributed by atoms with Gasteiger partial charge in [0.15, 0.2) is 22.5 Å². The number of aromatic nitrogens is 8. The van der Waals surface area contributed by atoms with Gasteiger partial charge in [-0.25, -0.2) is 24.3 Å². The zero-order valence-electron chi connectivity index (χ0n) is 21.4. The van der Waals surface area contributed by atoms with E-state index >= 15 is 0 Å². The van der Waals surface area contributed by atoms with Crippen LogP contribution in [0.2, 0.25) is 0 Å². The van der Waals surface area contributed by atoms with E-state index in [-0.39, 0.29) is 28.7 Å². The standard InChI is InChI=1S/C24H25N11O4/c1-24(2,3)23-27-21(33-10-8-14(36)12-33)19-22(28-23)34(32-29-19)11-13-5-4-9-25-20(13)26-15-6-7-16(35(37)38)18-17(15)30-39-31-18/h4-7,9,14,36H,8,10-12H2,1-3H3,(H,25,26)/t14-/m0/s1. The number of nitrogens with one attached hydrogen (secondary N) is 1. The Balaban J connectivity index is 1.39. The van der Waals surface area contributed by atoms with Gasteiger partial charge in [-0.1, -0.05) is 32.1 Å². The molecule has 0 saturated carbocycles. The summed E-state index contributed by atoms with van der Waals surface area (Å²) in [5.41, 5.74) is 2.06. The Morgan fingerprint density at radius 3 is 2.74 bits per heavy atom. The summed E-state index contributed by atoms with van der Waals surface area (Å²) >= 11 is 0. The van der Waals surface area contributed by atoms with Crippen molar-refractivity contribution >= 4 is 45.2 Å². The van der Waals surface area contributed by atoms with Gasteiger partial charge in [-0.3, -0.25) is 10.1 Å². The van der Waals surface area contributed by atoms with Crippen molar-refractivity contribution in [2.45, 2.75) is 45.3 Å². The largest absolute Gasteiger partial charge is 0.391 e. The molecule has 4 aromatic heterocycles. The first kappa shape index (κ1) is 24.5. The zero-order valence-corrected chi connectivity index (χ0v) is 21.4. The van der Waals surface area contributed by atoms with Crippen molar-refractivity contribution in [2.24, 2.45) is 0 Å². The molecule has 6 rings (SSSR count). The van der Waals surface area contributed by atoms with E-state index < -0.39 is 11.0 Å². The molecule has 1 aliphatic heterocycles. The van der Waals surface area contributed by atoms with Crippen molar-refractivity contribution in [1.82, 2.24) is 40.3 Å². The number of aliphatic hydroxyl groups excluding tert-OH is 1. The van der Waals surface area contributed by atoms with Gasteiger partial charge < -0.3 is 15.3 Å². The highest BCUT2D eigenvalue weighted by Gasteiger charge is 2.29. The summed E-state index contributed by atoms with van der Waals surface area (Å²) in [5.74, 6) is 1.79. The van der Waals surface area contributed by atoms with Crippen LogP contribution in [0, 0.1) is 10.1 Å². The molecule has 0 bridgehead atoms. The number of aliphatic hydroxyl groups is 1. The van der Waals surface area contributed by atoms with Gasteiger partial charge in [0, 0.05) is 36.3 Å². The Labute approximate surface area is 221 Å². The lowest BCUT2D eigenvalue weighted by atomic mass is 9.96. The van der Waals surface area contributed by atoms with Gasteiger partial charge in [0.2, 0.25) is 5.52 Å². The molecule has 1 saturated heterocycles. The molecule has 0 spiro atoms. The molecule has 5 aromatic rings. The third kappa shape index (κ3) is 4.46. The van der Waals surface area contributed by atoms with E-state index in [1.54, 1.807) is 16.9 Å². The molecule has 0 unspecified atom stereocenters. The molecule has 15 nitrogen and oxygen atoms in total. The first-order valence-corrected chi connectivity index (χ1v) is 12.3. The van der Waals surface area contributed by atoms with Crippen molar-refractivity contribution in [3.05, 3.63) is 52.0 Å². The zero-order chi connectivity index (χ0) is 27.3. The van der Waals surface area contributed by atoms with Crippen LogP contribution in [-0.2, 0) is 12.0 Å². The number of hydrogen-bond donors (Lipinski definition) is 2. The van der Waals surface area contributed by atoms with Crippen LogP contribution in [-0.4, -0.2) is 69.5 Å². The molecule has 15 heteroatoms. The average Bonchev–Trinajstić information content (AvgIpc) is 3.64. The second-order valence-corrected chi connectivity index (χ2v) is 10.4. The summed E-state index contributed by atoms with van der Waals surface area (Å²) in [6, 6.07) is 6.56. The fraction of sp³-hybridized carbons (Fsp3) is 0.375. The number of nitro benzene ring substituents is 1. The van der Waals surface area contributed by atoms with E-state index in [0.717, 1.165) is 5.56 Å². The topological polar surface area (TPSA) is 187 Å². The van der Waals surface area contributed by atoms with Gasteiger partial charge in [0.05, 0.1) is 23.3 Å². The van der Waals surface area contributed by atoms with E-state index in [1.807, 2.05) is 31.7 Å². The van der Waals surface area contributed by atoms with Crippen LogP contribution in [0.4, 0.5) is 23.0 Å². The smallest absolute Gasteiger partial charge is 0.300 e. The van der Waals surface area contributed by atoms with Gasteiger partial charge in [0.25, 0.3) is 0 Å². The number of fused-ring (bicyclic) bond motifs is 2. The molecule has 0 amide bonds. The predicted molar refractivity (Wildman–Crippen MR) is 140 cm³/mol. The number of rotatable bonds is 6. The minimum Gasteiger partial charge on any atom is -0.391 e. The lowest BCUT2D eigenvalue weighted by Gasteiger charge is -2.22. The summed E-state index contributed by atoms with van der Waals surface area (Å²) in [4.78, 5) is 27.0. The summed E-state index contributed by atoms with van der Waals surface area (Å²) in [6.45, 7) is 7.54. The number of non-ortho nitro benzene ring substituents is 1. The Bertz CT molecular complexity index is 1710. The first-order valence-electron chi connectivity index (χ1n) is 12.3. The van der Waals surface area contributed by atoms with Gasteiger partial charge in [-0.05, 0) is 28.9 Å². The molecule has 1 aliphatic rings. The van der Waals surface area contributed by atoms with Crippen LogP contribution >= 0.6 is 0 Å². The molecule has 0 radical (unpaired) electrons. The Morgan fingerprint density at radius 1 is 1.18 bits per heavy atom. The number of hydrogen-bond acceptors (Lipinski definition) is 13. The minimum absolute atomic E-state index is 0.0377. The molecular formula is C24H25N11O4. The molecule has 0 aliphatic carbocycles. The summed E-state index contributed by atoms with van der Waals surface area (Å²) < 4.78 is 6.46. The molecule has 5 heterocycles. The lowest BCUT2D eigenvalue weighted by Crippen LogP contribution is -2.25. The van der Waals surface area contributed by atoms with Crippen LogP contribution in [0.15, 0.2) is 35.1 Å². The van der Waals surface area contributed by atoms with Crippen molar-refractivity contribution in [3.8, 4) is 0 Å². The predicted octanol–water partition coefficient (Wildman–Crippen LogP) is 2.72. The van der Waals surface area contributed by atoms with E-state index in [1.165, 1.54) is 12.1 Å². The Kier molecular flexibility index (Phi) is 5.79. The highest BCUT2D eigenvalue weighted by Crippen LogP contribution is 2.32. The number of nitrogens with zero attached hydrogens (tertiary/aromatic N) is 10. The molecule has 1 aromatic carbocycles. The monoisotopic (exact) mass is 531 g/mol. The summed E-state index contributed by atoms with van der Waals surface area (Å²) in [7, 11) is 0. The SMILES string of the molecule is CC(C)(C)c1nc(N2CC[C@H](O)C2)c2nnn(Cc3cccnc3Nc3ccc([N+](=O)[O-])c4nonc34)c2n1. The van der Waals surface area contributed by atoms with Crippen molar-refractivity contribution < 1.29 is 14.7 Å². The van der Waals surface area contributed by atoms with Crippen LogP contribution in [0.25, 0.3) is 22.2 Å². The second-order valence-electron chi connectivity index (χ2n) is 10.4. The number of β-amino-alcohol motifs (C(OH)–C–C–N with tert-alkyl or cyclic N) is 1. The van der Waals surface area contributed by atoms with Crippen molar-refractivity contribution in [3.63, 3.8) is 0 Å². The first-order chi connectivity index (χ1) is 18.7. The third-order valence-corrected chi connectivity index (χ3v) is 6.53. The van der Waals surface area contributed by atoms with Gasteiger partial charge in [0.1, 0.15) is 11.6 Å². The normalized spacial score (nSPS) is 15.9. The third-order valence-electron chi connectivity index (χ3n) is 6.53. The van der Waals surface area contributed by atoms with Crippen LogP contribution in [0.1, 0.15) is 38.6 Å². The number of pyridine rings is 1. The van der Waals surface area contributed by atoms with Gasteiger partial charge in [-0.2, -0.15) is 0 Å². The lowest BCUT2D eigenvalue weighted by molar-refractivity contribution is -0.383. The quantitative estimate of drug-likeness (QED) is 0.241. The minimum atomic E-state index is -0.539. The molecule has 1 atom stereocenters. The second kappa shape index (κ2) is 9.20. The fourth-order valence-electron chi connectivity index (χ4n) is 4.51. The Morgan fingerprint density at radius 2 is 2.00 bits per heavy atom. The molecular weight excluding hydrogens is 506 g/mol.